The van der Waals surface area contributed by atoms with Gasteiger partial charge in [-0.15, -0.1) is 0 Å². The van der Waals surface area contributed by atoms with Crippen LogP contribution in [0.15, 0.2) is 0 Å². The fourth-order valence-corrected chi connectivity index (χ4v) is 2.23. The van der Waals surface area contributed by atoms with Crippen LogP contribution < -0.4 is 5.32 Å². The zero-order valence-corrected chi connectivity index (χ0v) is 12.9. The van der Waals surface area contributed by atoms with Crippen molar-refractivity contribution in [2.24, 2.45) is 11.8 Å². The highest BCUT2D eigenvalue weighted by Gasteiger charge is 2.29. The number of carbonyl (C=O) groups is 2. The molecule has 0 aliphatic carbocycles. The monoisotopic (exact) mass is 285 g/mol. The first-order valence-corrected chi connectivity index (χ1v) is 7.25. The van der Waals surface area contributed by atoms with E-state index in [0.717, 1.165) is 12.8 Å². The topological polar surface area (TPSA) is 72.9 Å². The Kier molecular flexibility index (Phi) is 6.26. The second-order valence-electron chi connectivity index (χ2n) is 6.02. The normalized spacial score (nSPS) is 20.7. The number of aliphatic hydroxyl groups is 1. The molecule has 0 aromatic heterocycles. The van der Waals surface area contributed by atoms with Gasteiger partial charge >= 0.3 is 6.03 Å². The summed E-state index contributed by atoms with van der Waals surface area (Å²) in [6, 6.07) is -0.0512. The summed E-state index contributed by atoms with van der Waals surface area (Å²) in [5, 5.41) is 12.5. The van der Waals surface area contributed by atoms with Gasteiger partial charge in [-0.2, -0.15) is 0 Å². The lowest BCUT2D eigenvalue weighted by atomic mass is 9.97. The fourth-order valence-electron chi connectivity index (χ4n) is 2.23. The fraction of sp³-hybridized carbons (Fsp3) is 0.857. The number of hydrogen-bond acceptors (Lipinski definition) is 3. The van der Waals surface area contributed by atoms with Crippen molar-refractivity contribution in [3.05, 3.63) is 0 Å². The summed E-state index contributed by atoms with van der Waals surface area (Å²) in [6.45, 7) is 5.26. The van der Waals surface area contributed by atoms with Gasteiger partial charge in [-0.05, 0) is 18.8 Å². The number of aliphatic hydroxyl groups excluding tert-OH is 1. The standard InChI is InChI=1S/C14H27N3O3/c1-10(2)12(18)8-15-13(19)11-6-5-7-17(9-11)14(20)16(3)4/h10-12,18H,5-9H2,1-4H3,(H,15,19). The molecular formula is C14H27N3O3. The predicted octanol–water partition coefficient (Wildman–Crippen LogP) is 0.513. The Hall–Kier alpha value is -1.30. The lowest BCUT2D eigenvalue weighted by molar-refractivity contribution is -0.126. The molecule has 2 unspecified atom stereocenters. The van der Waals surface area contributed by atoms with Crippen molar-refractivity contribution in [3.63, 3.8) is 0 Å². The van der Waals surface area contributed by atoms with Crippen LogP contribution in [0.1, 0.15) is 26.7 Å². The smallest absolute Gasteiger partial charge is 0.319 e. The van der Waals surface area contributed by atoms with E-state index < -0.39 is 6.10 Å². The van der Waals surface area contributed by atoms with E-state index in [0.29, 0.717) is 13.1 Å². The lowest BCUT2D eigenvalue weighted by Gasteiger charge is -2.33. The Bertz CT molecular complexity index is 345. The summed E-state index contributed by atoms with van der Waals surface area (Å²) in [4.78, 5) is 27.2. The van der Waals surface area contributed by atoms with E-state index in [9.17, 15) is 14.7 Å². The second kappa shape index (κ2) is 7.47. The molecule has 6 nitrogen and oxygen atoms in total. The molecule has 1 rings (SSSR count). The van der Waals surface area contributed by atoms with Gasteiger partial charge in [0.1, 0.15) is 0 Å². The molecule has 0 aromatic carbocycles. The summed E-state index contributed by atoms with van der Waals surface area (Å²) >= 11 is 0. The first kappa shape index (κ1) is 16.8. The van der Waals surface area contributed by atoms with Gasteiger partial charge in [0.25, 0.3) is 0 Å². The van der Waals surface area contributed by atoms with E-state index in [1.54, 1.807) is 19.0 Å². The number of nitrogens with one attached hydrogen (secondary N) is 1. The molecular weight excluding hydrogens is 258 g/mol. The Labute approximate surface area is 121 Å². The minimum Gasteiger partial charge on any atom is -0.391 e. The van der Waals surface area contributed by atoms with Gasteiger partial charge in [-0.25, -0.2) is 4.79 Å². The van der Waals surface area contributed by atoms with Gasteiger partial charge in [-0.3, -0.25) is 4.79 Å². The first-order chi connectivity index (χ1) is 9.32. The third kappa shape index (κ3) is 4.67. The maximum Gasteiger partial charge on any atom is 0.319 e. The average molecular weight is 285 g/mol. The quantitative estimate of drug-likeness (QED) is 0.790. The summed E-state index contributed by atoms with van der Waals surface area (Å²) in [5.41, 5.74) is 0. The van der Waals surface area contributed by atoms with Crippen molar-refractivity contribution in [1.82, 2.24) is 15.1 Å². The highest BCUT2D eigenvalue weighted by molar-refractivity contribution is 5.80. The molecule has 1 saturated heterocycles. The molecule has 1 heterocycles. The lowest BCUT2D eigenvalue weighted by Crippen LogP contribution is -2.49. The van der Waals surface area contributed by atoms with Gasteiger partial charge in [0.05, 0.1) is 12.0 Å². The van der Waals surface area contributed by atoms with Crippen LogP contribution in [-0.4, -0.2) is 66.7 Å². The van der Waals surface area contributed by atoms with Crippen LogP contribution in [0.2, 0.25) is 0 Å². The zero-order chi connectivity index (χ0) is 15.3. The average Bonchev–Trinajstić information content (AvgIpc) is 2.43. The molecule has 1 aliphatic heterocycles. The van der Waals surface area contributed by atoms with Gasteiger partial charge in [0, 0.05) is 33.7 Å². The Morgan fingerprint density at radius 3 is 2.60 bits per heavy atom. The molecule has 116 valence electrons. The third-order valence-corrected chi connectivity index (χ3v) is 3.70. The van der Waals surface area contributed by atoms with Gasteiger partial charge < -0.3 is 20.2 Å². The van der Waals surface area contributed by atoms with Crippen LogP contribution in [0.25, 0.3) is 0 Å². The van der Waals surface area contributed by atoms with E-state index in [1.165, 1.54) is 4.90 Å². The molecule has 2 atom stereocenters. The van der Waals surface area contributed by atoms with Crippen LogP contribution in [0, 0.1) is 11.8 Å². The minimum atomic E-state index is -0.526. The van der Waals surface area contributed by atoms with Gasteiger partial charge in [0.2, 0.25) is 5.91 Å². The molecule has 0 saturated carbocycles. The van der Waals surface area contributed by atoms with Crippen molar-refractivity contribution in [3.8, 4) is 0 Å². The van der Waals surface area contributed by atoms with Crippen LogP contribution in [0.3, 0.4) is 0 Å². The van der Waals surface area contributed by atoms with Crippen molar-refractivity contribution in [2.45, 2.75) is 32.8 Å². The summed E-state index contributed by atoms with van der Waals surface area (Å²) < 4.78 is 0. The Morgan fingerprint density at radius 2 is 2.05 bits per heavy atom. The SMILES string of the molecule is CC(C)C(O)CNC(=O)C1CCCN(C(=O)N(C)C)C1. The van der Waals surface area contributed by atoms with Crippen LogP contribution >= 0.6 is 0 Å². The van der Waals surface area contributed by atoms with E-state index in [2.05, 4.69) is 5.32 Å². The second-order valence-corrected chi connectivity index (χ2v) is 6.02. The third-order valence-electron chi connectivity index (χ3n) is 3.70. The van der Waals surface area contributed by atoms with Gasteiger partial charge in [0.15, 0.2) is 0 Å². The molecule has 0 spiro atoms. The van der Waals surface area contributed by atoms with Crippen molar-refractivity contribution >= 4 is 11.9 Å². The maximum atomic E-state index is 12.1. The molecule has 0 bridgehead atoms. The summed E-state index contributed by atoms with van der Waals surface area (Å²) in [5.74, 6) is -0.124. The zero-order valence-electron chi connectivity index (χ0n) is 12.9. The molecule has 3 amide bonds. The largest absolute Gasteiger partial charge is 0.391 e. The summed E-state index contributed by atoms with van der Waals surface area (Å²) in [6.07, 6.45) is 1.10. The predicted molar refractivity (Wildman–Crippen MR) is 77.2 cm³/mol. The molecule has 20 heavy (non-hydrogen) atoms. The number of likely N-dealkylation sites (tertiary alicyclic amines) is 1. The van der Waals surface area contributed by atoms with Gasteiger partial charge in [-0.1, -0.05) is 13.8 Å². The first-order valence-electron chi connectivity index (χ1n) is 7.25. The Balaban J connectivity index is 2.46. The molecule has 1 fully saturated rings. The molecule has 1 aliphatic rings. The number of amides is 3. The van der Waals surface area contributed by atoms with E-state index in [1.807, 2.05) is 13.8 Å². The maximum absolute atomic E-state index is 12.1. The number of hydrogen-bond donors (Lipinski definition) is 2. The van der Waals surface area contributed by atoms with Crippen molar-refractivity contribution in [2.75, 3.05) is 33.7 Å². The molecule has 2 N–H and O–H groups in total. The van der Waals surface area contributed by atoms with Crippen molar-refractivity contribution in [1.29, 1.82) is 0 Å². The van der Waals surface area contributed by atoms with Crippen molar-refractivity contribution < 1.29 is 14.7 Å². The highest BCUT2D eigenvalue weighted by Crippen LogP contribution is 2.17. The van der Waals surface area contributed by atoms with Crippen LogP contribution in [0.5, 0.6) is 0 Å². The Morgan fingerprint density at radius 1 is 1.40 bits per heavy atom. The number of rotatable bonds is 4. The minimum absolute atomic E-state index is 0.0512. The molecule has 6 heteroatoms. The van der Waals surface area contributed by atoms with Crippen LogP contribution in [0.4, 0.5) is 4.79 Å². The molecule has 0 aromatic rings. The van der Waals surface area contributed by atoms with Crippen LogP contribution in [-0.2, 0) is 4.79 Å². The number of nitrogens with zero attached hydrogens (tertiary/aromatic N) is 2. The van der Waals surface area contributed by atoms with E-state index in [-0.39, 0.29) is 30.3 Å². The van der Waals surface area contributed by atoms with E-state index >= 15 is 0 Å². The summed E-state index contributed by atoms with van der Waals surface area (Å²) in [7, 11) is 3.43. The number of urea groups is 1. The number of carbonyl (C=O) groups excluding carboxylic acids is 2. The number of piperidine rings is 1. The molecule has 0 radical (unpaired) electrons. The van der Waals surface area contributed by atoms with E-state index in [4.69, 9.17) is 0 Å². The highest BCUT2D eigenvalue weighted by atomic mass is 16.3.